The Morgan fingerprint density at radius 3 is 2.84 bits per heavy atom. The first-order valence-electron chi connectivity index (χ1n) is 5.28. The minimum atomic E-state index is -0.465. The van der Waals surface area contributed by atoms with Gasteiger partial charge in [0.2, 0.25) is 0 Å². The smallest absolute Gasteiger partial charge is 0.258 e. The van der Waals surface area contributed by atoms with E-state index in [1.54, 1.807) is 24.3 Å². The molecule has 0 aliphatic rings. The van der Waals surface area contributed by atoms with E-state index < -0.39 is 4.92 Å². The molecule has 0 N–H and O–H groups in total. The normalized spacial score (nSPS) is 10.8. The van der Waals surface area contributed by atoms with Crippen molar-refractivity contribution >= 4 is 22.9 Å². The zero-order valence-electron chi connectivity index (χ0n) is 9.39. The summed E-state index contributed by atoms with van der Waals surface area (Å²) in [4.78, 5) is 10.3. The van der Waals surface area contributed by atoms with E-state index in [1.807, 2.05) is 0 Å². The zero-order chi connectivity index (χ0) is 13.4. The van der Waals surface area contributed by atoms with E-state index >= 15 is 0 Å². The van der Waals surface area contributed by atoms with Crippen molar-refractivity contribution in [3.05, 3.63) is 51.7 Å². The first-order valence-corrected chi connectivity index (χ1v) is 5.66. The summed E-state index contributed by atoms with van der Waals surface area (Å²) in [5.41, 5.74) is 1.05. The molecule has 0 aliphatic carbocycles. The molecule has 0 saturated heterocycles. The van der Waals surface area contributed by atoms with Crippen LogP contribution in [0.3, 0.4) is 0 Å². The molecule has 0 unspecified atom stereocenters. The van der Waals surface area contributed by atoms with Crippen LogP contribution in [0.25, 0.3) is 17.0 Å². The van der Waals surface area contributed by atoms with Gasteiger partial charge in [0, 0.05) is 17.7 Å². The van der Waals surface area contributed by atoms with Gasteiger partial charge in [-0.05, 0) is 12.1 Å². The van der Waals surface area contributed by atoms with Crippen LogP contribution in [-0.4, -0.2) is 24.7 Å². The average molecular weight is 276 g/mol. The second kappa shape index (κ2) is 4.29. The number of rotatable bonds is 2. The molecule has 2 aromatic heterocycles. The second-order valence-corrected chi connectivity index (χ2v) is 4.14. The number of hydrogen-bond acceptors (Lipinski definition) is 5. The minimum Gasteiger partial charge on any atom is -0.258 e. The highest BCUT2D eigenvalue weighted by Crippen LogP contribution is 2.22. The maximum atomic E-state index is 10.8. The van der Waals surface area contributed by atoms with Gasteiger partial charge in [0.1, 0.15) is 5.15 Å². The van der Waals surface area contributed by atoms with E-state index in [-0.39, 0.29) is 5.69 Å². The molecular weight excluding hydrogens is 270 g/mol. The lowest BCUT2D eigenvalue weighted by Gasteiger charge is -1.99. The maximum absolute atomic E-state index is 10.8. The Hall–Kier alpha value is -2.54. The topological polar surface area (TPSA) is 86.2 Å². The van der Waals surface area contributed by atoms with Crippen molar-refractivity contribution in [2.75, 3.05) is 0 Å². The molecule has 0 radical (unpaired) electrons. The van der Waals surface area contributed by atoms with Crippen LogP contribution in [0.2, 0.25) is 5.15 Å². The fourth-order valence-electron chi connectivity index (χ4n) is 1.71. The Kier molecular flexibility index (Phi) is 2.60. The van der Waals surface area contributed by atoms with Crippen LogP contribution in [-0.2, 0) is 0 Å². The molecule has 3 rings (SSSR count). The van der Waals surface area contributed by atoms with Crippen LogP contribution in [0.15, 0.2) is 36.4 Å². The molecule has 94 valence electrons. The van der Waals surface area contributed by atoms with Crippen LogP contribution < -0.4 is 0 Å². The van der Waals surface area contributed by atoms with Gasteiger partial charge >= 0.3 is 0 Å². The van der Waals surface area contributed by atoms with Gasteiger partial charge in [-0.15, -0.1) is 10.2 Å². The van der Waals surface area contributed by atoms with E-state index in [2.05, 4.69) is 15.3 Å². The van der Waals surface area contributed by atoms with Gasteiger partial charge < -0.3 is 0 Å². The van der Waals surface area contributed by atoms with Crippen LogP contribution in [0.1, 0.15) is 0 Å². The molecule has 0 bridgehead atoms. The van der Waals surface area contributed by atoms with Crippen molar-refractivity contribution in [2.24, 2.45) is 0 Å². The van der Waals surface area contributed by atoms with Crippen molar-refractivity contribution < 1.29 is 4.92 Å². The molecule has 0 amide bonds. The number of hydrogen-bond donors (Lipinski definition) is 0. The van der Waals surface area contributed by atoms with E-state index in [4.69, 9.17) is 11.6 Å². The third-order valence-corrected chi connectivity index (χ3v) is 2.75. The first kappa shape index (κ1) is 11.5. The summed E-state index contributed by atoms with van der Waals surface area (Å²) < 4.78 is 1.45. The molecule has 8 heteroatoms. The molecule has 0 fully saturated rings. The first-order chi connectivity index (χ1) is 9.15. The summed E-state index contributed by atoms with van der Waals surface area (Å²) in [7, 11) is 0. The SMILES string of the molecule is O=[N+]([O-])c1cccc(-c2nnc3ccc(Cl)nn23)c1. The Bertz CT molecular complexity index is 786. The molecule has 1 aromatic carbocycles. The molecule has 0 spiro atoms. The third-order valence-electron chi connectivity index (χ3n) is 2.55. The fraction of sp³-hybridized carbons (Fsp3) is 0. The Morgan fingerprint density at radius 2 is 2.05 bits per heavy atom. The van der Waals surface area contributed by atoms with Crippen LogP contribution in [0, 0.1) is 10.1 Å². The summed E-state index contributed by atoms with van der Waals surface area (Å²) in [5.74, 6) is 0.404. The molecule has 19 heavy (non-hydrogen) atoms. The maximum Gasteiger partial charge on any atom is 0.270 e. The van der Waals surface area contributed by atoms with Gasteiger partial charge in [-0.2, -0.15) is 9.61 Å². The van der Waals surface area contributed by atoms with Crippen molar-refractivity contribution in [3.8, 4) is 11.4 Å². The van der Waals surface area contributed by atoms with Gasteiger partial charge in [0.05, 0.1) is 4.92 Å². The Balaban J connectivity index is 2.21. The molecule has 0 saturated carbocycles. The molecule has 0 atom stereocenters. The summed E-state index contributed by atoms with van der Waals surface area (Å²) in [6.07, 6.45) is 0. The molecule has 0 aliphatic heterocycles. The van der Waals surface area contributed by atoms with Crippen molar-refractivity contribution in [3.63, 3.8) is 0 Å². The van der Waals surface area contributed by atoms with Gasteiger partial charge in [-0.1, -0.05) is 23.7 Å². The summed E-state index contributed by atoms with van der Waals surface area (Å²) in [6.45, 7) is 0. The van der Waals surface area contributed by atoms with Crippen LogP contribution in [0.4, 0.5) is 5.69 Å². The number of nitrogens with zero attached hydrogens (tertiary/aromatic N) is 5. The quantitative estimate of drug-likeness (QED) is 0.529. The predicted octanol–water partition coefficient (Wildman–Crippen LogP) is 2.35. The summed E-state index contributed by atoms with van der Waals surface area (Å²) in [6, 6.07) is 9.38. The number of nitro benzene ring substituents is 1. The van der Waals surface area contributed by atoms with Gasteiger partial charge in [-0.3, -0.25) is 10.1 Å². The van der Waals surface area contributed by atoms with E-state index in [0.717, 1.165) is 0 Å². The zero-order valence-corrected chi connectivity index (χ0v) is 10.2. The Morgan fingerprint density at radius 1 is 1.21 bits per heavy atom. The number of nitro groups is 1. The minimum absolute atomic E-state index is 0.0173. The number of halogens is 1. The highest BCUT2D eigenvalue weighted by molar-refractivity contribution is 6.29. The second-order valence-electron chi connectivity index (χ2n) is 3.76. The summed E-state index contributed by atoms with van der Waals surface area (Å²) in [5, 5.41) is 23.0. The highest BCUT2D eigenvalue weighted by Gasteiger charge is 2.13. The Labute approximate surface area is 111 Å². The van der Waals surface area contributed by atoms with Crippen molar-refractivity contribution in [1.29, 1.82) is 0 Å². The number of aromatic nitrogens is 4. The lowest BCUT2D eigenvalue weighted by atomic mass is 10.2. The van der Waals surface area contributed by atoms with E-state index in [1.165, 1.54) is 16.6 Å². The van der Waals surface area contributed by atoms with Crippen molar-refractivity contribution in [2.45, 2.75) is 0 Å². The largest absolute Gasteiger partial charge is 0.270 e. The highest BCUT2D eigenvalue weighted by atomic mass is 35.5. The van der Waals surface area contributed by atoms with Gasteiger partial charge in [0.25, 0.3) is 5.69 Å². The monoisotopic (exact) mass is 275 g/mol. The molecular formula is C11H6ClN5O2. The lowest BCUT2D eigenvalue weighted by molar-refractivity contribution is -0.384. The number of benzene rings is 1. The van der Waals surface area contributed by atoms with Crippen molar-refractivity contribution in [1.82, 2.24) is 19.8 Å². The van der Waals surface area contributed by atoms with Crippen LogP contribution in [0.5, 0.6) is 0 Å². The summed E-state index contributed by atoms with van der Waals surface area (Å²) >= 11 is 5.82. The lowest BCUT2D eigenvalue weighted by Crippen LogP contribution is -1.95. The fourth-order valence-corrected chi connectivity index (χ4v) is 1.84. The average Bonchev–Trinajstić information content (AvgIpc) is 2.81. The molecule has 3 aromatic rings. The predicted molar refractivity (Wildman–Crippen MR) is 67.9 cm³/mol. The molecule has 7 nitrogen and oxygen atoms in total. The molecule has 2 heterocycles. The van der Waals surface area contributed by atoms with Crippen LogP contribution >= 0.6 is 11.6 Å². The third kappa shape index (κ3) is 2.00. The number of non-ortho nitro benzene ring substituents is 1. The number of fused-ring (bicyclic) bond motifs is 1. The van der Waals surface area contributed by atoms with Gasteiger partial charge in [-0.25, -0.2) is 0 Å². The van der Waals surface area contributed by atoms with E-state index in [0.29, 0.717) is 22.2 Å². The van der Waals surface area contributed by atoms with E-state index in [9.17, 15) is 10.1 Å². The van der Waals surface area contributed by atoms with Gasteiger partial charge in [0.15, 0.2) is 11.5 Å². The standard InChI is InChI=1S/C11H6ClN5O2/c12-9-4-5-10-13-14-11(16(10)15-9)7-2-1-3-8(6-7)17(18)19/h1-6H.